The highest BCUT2D eigenvalue weighted by molar-refractivity contribution is 5.81. The molecule has 2 atom stereocenters. The number of nitrogens with zero attached hydrogens (tertiary/aromatic N) is 1. The Morgan fingerprint density at radius 1 is 1.29 bits per heavy atom. The van der Waals surface area contributed by atoms with Crippen molar-refractivity contribution >= 4 is 5.91 Å². The van der Waals surface area contributed by atoms with Gasteiger partial charge in [-0.1, -0.05) is 30.3 Å². The zero-order chi connectivity index (χ0) is 15.5. The Kier molecular flexibility index (Phi) is 4.88. The number of halogens is 3. The number of hydrogen-bond acceptors (Lipinski definition) is 2. The summed E-state index contributed by atoms with van der Waals surface area (Å²) in [6, 6.07) is 8.99. The topological polar surface area (TPSA) is 32.3 Å². The minimum absolute atomic E-state index is 0.00604. The molecule has 0 spiro atoms. The van der Waals surface area contributed by atoms with Gasteiger partial charge in [-0.05, 0) is 18.4 Å². The molecule has 1 aliphatic heterocycles. The fraction of sp³-hybridized carbons (Fsp3) is 0.533. The number of nitrogens with one attached hydrogen (secondary N) is 1. The Balaban J connectivity index is 1.87. The van der Waals surface area contributed by atoms with Gasteiger partial charge in [0.15, 0.2) is 0 Å². The lowest BCUT2D eigenvalue weighted by Crippen LogP contribution is -2.51. The van der Waals surface area contributed by atoms with E-state index >= 15 is 0 Å². The van der Waals surface area contributed by atoms with Crippen molar-refractivity contribution in [2.45, 2.75) is 31.6 Å². The fourth-order valence-corrected chi connectivity index (χ4v) is 2.55. The maximum Gasteiger partial charge on any atom is 0.393 e. The molecule has 0 aliphatic carbocycles. The standard InChI is InChI=1S/C15H19F3N2O/c1-20(10-11-5-3-2-4-6-11)14(21)13-8-7-12(9-19-13)15(16,17)18/h2-6,12-13,19H,7-10H2,1H3. The molecule has 1 heterocycles. The van der Waals surface area contributed by atoms with E-state index in [9.17, 15) is 18.0 Å². The Bertz CT molecular complexity index is 468. The van der Waals surface area contributed by atoms with Crippen molar-refractivity contribution < 1.29 is 18.0 Å². The second-order valence-electron chi connectivity index (χ2n) is 5.46. The lowest BCUT2D eigenvalue weighted by molar-refractivity contribution is -0.180. The highest BCUT2D eigenvalue weighted by Gasteiger charge is 2.42. The first-order chi connectivity index (χ1) is 9.88. The predicted molar refractivity (Wildman–Crippen MR) is 73.5 cm³/mol. The number of alkyl halides is 3. The third-order valence-corrected chi connectivity index (χ3v) is 3.81. The minimum atomic E-state index is -4.18. The molecule has 1 fully saturated rings. The van der Waals surface area contributed by atoms with E-state index in [4.69, 9.17) is 0 Å². The van der Waals surface area contributed by atoms with Crippen LogP contribution in [-0.2, 0) is 11.3 Å². The second kappa shape index (κ2) is 6.47. The van der Waals surface area contributed by atoms with Crippen molar-refractivity contribution in [1.29, 1.82) is 0 Å². The lowest BCUT2D eigenvalue weighted by Gasteiger charge is -2.32. The first-order valence-electron chi connectivity index (χ1n) is 6.97. The van der Waals surface area contributed by atoms with Gasteiger partial charge in [-0.2, -0.15) is 13.2 Å². The molecule has 0 saturated carbocycles. The molecule has 2 rings (SSSR count). The SMILES string of the molecule is CN(Cc1ccccc1)C(=O)C1CCC(C(F)(F)F)CN1. The van der Waals surface area contributed by atoms with Gasteiger partial charge >= 0.3 is 6.18 Å². The number of benzene rings is 1. The number of likely N-dealkylation sites (N-methyl/N-ethyl adjacent to an activating group) is 1. The van der Waals surface area contributed by atoms with Crippen molar-refractivity contribution in [3.05, 3.63) is 35.9 Å². The number of rotatable bonds is 3. The van der Waals surface area contributed by atoms with Gasteiger partial charge in [0.2, 0.25) is 5.91 Å². The number of piperidine rings is 1. The number of carbonyl (C=O) groups excluding carboxylic acids is 1. The van der Waals surface area contributed by atoms with E-state index in [0.29, 0.717) is 6.54 Å². The van der Waals surface area contributed by atoms with E-state index in [1.807, 2.05) is 30.3 Å². The maximum absolute atomic E-state index is 12.6. The van der Waals surface area contributed by atoms with Crippen LogP contribution in [0.3, 0.4) is 0 Å². The zero-order valence-corrected chi connectivity index (χ0v) is 11.9. The molecule has 0 aromatic heterocycles. The summed E-state index contributed by atoms with van der Waals surface area (Å²) in [5.41, 5.74) is 0.998. The van der Waals surface area contributed by atoms with Crippen molar-refractivity contribution in [2.24, 2.45) is 5.92 Å². The Labute approximate surface area is 122 Å². The van der Waals surface area contributed by atoms with Crippen molar-refractivity contribution in [3.8, 4) is 0 Å². The van der Waals surface area contributed by atoms with Gasteiger partial charge in [-0.25, -0.2) is 0 Å². The van der Waals surface area contributed by atoms with E-state index in [1.54, 1.807) is 11.9 Å². The molecule has 1 saturated heterocycles. The first-order valence-corrected chi connectivity index (χ1v) is 6.97. The van der Waals surface area contributed by atoms with E-state index in [-0.39, 0.29) is 25.3 Å². The van der Waals surface area contributed by atoms with Gasteiger partial charge in [0.25, 0.3) is 0 Å². The van der Waals surface area contributed by atoms with E-state index in [2.05, 4.69) is 5.32 Å². The average molecular weight is 300 g/mol. The molecule has 21 heavy (non-hydrogen) atoms. The quantitative estimate of drug-likeness (QED) is 0.930. The van der Waals surface area contributed by atoms with Crippen LogP contribution in [0.5, 0.6) is 0 Å². The van der Waals surface area contributed by atoms with Gasteiger partial charge < -0.3 is 10.2 Å². The molecule has 1 aliphatic rings. The molecule has 1 amide bonds. The summed E-state index contributed by atoms with van der Waals surface area (Å²) < 4.78 is 37.7. The zero-order valence-electron chi connectivity index (χ0n) is 11.9. The molecule has 116 valence electrons. The van der Waals surface area contributed by atoms with Gasteiger partial charge in [0.05, 0.1) is 12.0 Å². The second-order valence-corrected chi connectivity index (χ2v) is 5.46. The summed E-state index contributed by atoms with van der Waals surface area (Å²) in [6.45, 7) is 0.277. The smallest absolute Gasteiger partial charge is 0.340 e. The molecular weight excluding hydrogens is 281 g/mol. The van der Waals surface area contributed by atoms with E-state index in [1.165, 1.54) is 0 Å². The van der Waals surface area contributed by atoms with Crippen molar-refractivity contribution in [2.75, 3.05) is 13.6 Å². The predicted octanol–water partition coefficient (Wildman–Crippen LogP) is 2.58. The summed E-state index contributed by atoms with van der Waals surface area (Å²) in [7, 11) is 1.67. The van der Waals surface area contributed by atoms with Gasteiger partial charge in [0, 0.05) is 20.1 Å². The number of amides is 1. The molecular formula is C15H19F3N2O. The van der Waals surface area contributed by atoms with Gasteiger partial charge in [-0.15, -0.1) is 0 Å². The molecule has 1 aromatic rings. The molecule has 6 heteroatoms. The van der Waals surface area contributed by atoms with Gasteiger partial charge in [-0.3, -0.25) is 4.79 Å². The van der Waals surface area contributed by atoms with Crippen LogP contribution in [0.25, 0.3) is 0 Å². The molecule has 1 aromatic carbocycles. The van der Waals surface area contributed by atoms with Crippen LogP contribution in [-0.4, -0.2) is 36.6 Å². The third-order valence-electron chi connectivity index (χ3n) is 3.81. The molecule has 3 nitrogen and oxygen atoms in total. The highest BCUT2D eigenvalue weighted by atomic mass is 19.4. The maximum atomic E-state index is 12.6. The number of hydrogen-bond donors (Lipinski definition) is 1. The summed E-state index contributed by atoms with van der Waals surface area (Å²) in [6.07, 6.45) is -3.95. The van der Waals surface area contributed by atoms with Crippen molar-refractivity contribution in [3.63, 3.8) is 0 Å². The summed E-state index contributed by atoms with van der Waals surface area (Å²) >= 11 is 0. The van der Waals surface area contributed by atoms with Crippen LogP contribution in [0.2, 0.25) is 0 Å². The van der Waals surface area contributed by atoms with Crippen LogP contribution in [0.4, 0.5) is 13.2 Å². The Morgan fingerprint density at radius 2 is 1.95 bits per heavy atom. The monoisotopic (exact) mass is 300 g/mol. The van der Waals surface area contributed by atoms with Crippen LogP contribution in [0, 0.1) is 5.92 Å². The average Bonchev–Trinajstić information content (AvgIpc) is 2.46. The largest absolute Gasteiger partial charge is 0.393 e. The van der Waals surface area contributed by atoms with Crippen molar-refractivity contribution in [1.82, 2.24) is 10.2 Å². The fourth-order valence-electron chi connectivity index (χ4n) is 2.55. The third kappa shape index (κ3) is 4.20. The normalized spacial score (nSPS) is 22.9. The van der Waals surface area contributed by atoms with Crippen LogP contribution >= 0.6 is 0 Å². The van der Waals surface area contributed by atoms with E-state index in [0.717, 1.165) is 5.56 Å². The Hall–Kier alpha value is -1.56. The van der Waals surface area contributed by atoms with Gasteiger partial charge in [0.1, 0.15) is 0 Å². The number of carbonyl (C=O) groups is 1. The Morgan fingerprint density at radius 3 is 2.48 bits per heavy atom. The molecule has 1 N–H and O–H groups in total. The summed E-state index contributed by atoms with van der Waals surface area (Å²) in [5.74, 6) is -1.50. The van der Waals surface area contributed by atoms with Crippen LogP contribution < -0.4 is 5.32 Å². The lowest BCUT2D eigenvalue weighted by atomic mass is 9.93. The highest BCUT2D eigenvalue weighted by Crippen LogP contribution is 2.32. The van der Waals surface area contributed by atoms with Crippen LogP contribution in [0.15, 0.2) is 30.3 Å². The van der Waals surface area contributed by atoms with Crippen LogP contribution in [0.1, 0.15) is 18.4 Å². The van der Waals surface area contributed by atoms with E-state index < -0.39 is 18.1 Å². The molecule has 0 radical (unpaired) electrons. The molecule has 0 bridgehead atoms. The first kappa shape index (κ1) is 15.8. The summed E-state index contributed by atoms with van der Waals surface area (Å²) in [4.78, 5) is 13.8. The summed E-state index contributed by atoms with van der Waals surface area (Å²) in [5, 5.41) is 2.73. The minimum Gasteiger partial charge on any atom is -0.340 e. The molecule has 2 unspecified atom stereocenters.